The lowest BCUT2D eigenvalue weighted by atomic mass is 10.1. The Kier molecular flexibility index (Phi) is 1.76. The van der Waals surface area contributed by atoms with Crippen LogP contribution < -0.4 is 0 Å². The summed E-state index contributed by atoms with van der Waals surface area (Å²) in [7, 11) is 0. The third-order valence-electron chi connectivity index (χ3n) is 2.11. The molecule has 0 bridgehead atoms. The summed E-state index contributed by atoms with van der Waals surface area (Å²) in [6.07, 6.45) is 1.00. The molecule has 1 aliphatic carbocycles. The number of hydrogen-bond acceptors (Lipinski definition) is 3. The first-order valence-corrected chi connectivity index (χ1v) is 4.04. The molecule has 0 saturated carbocycles. The van der Waals surface area contributed by atoms with Crippen molar-refractivity contribution < 1.29 is 9.59 Å². The van der Waals surface area contributed by atoms with Crippen LogP contribution in [0.3, 0.4) is 0 Å². The third-order valence-corrected chi connectivity index (χ3v) is 2.11. The van der Waals surface area contributed by atoms with Crippen molar-refractivity contribution in [3.05, 3.63) is 47.0 Å². The first-order chi connectivity index (χ1) is 6.75. The van der Waals surface area contributed by atoms with E-state index >= 15 is 0 Å². The van der Waals surface area contributed by atoms with Crippen LogP contribution >= 0.6 is 0 Å². The van der Waals surface area contributed by atoms with Crippen LogP contribution in [0.1, 0.15) is 20.7 Å². The van der Waals surface area contributed by atoms with E-state index in [1.54, 1.807) is 30.3 Å². The number of nitriles is 1. The average Bonchev–Trinajstić information content (AvgIpc) is 2.45. The Hall–Kier alpha value is -2.21. The fourth-order valence-electron chi connectivity index (χ4n) is 1.47. The Bertz CT molecular complexity index is 469. The minimum atomic E-state index is -0.354. The van der Waals surface area contributed by atoms with Gasteiger partial charge in [0.1, 0.15) is 0 Å². The number of carbonyl (C=O) groups is 2. The summed E-state index contributed by atoms with van der Waals surface area (Å²) < 4.78 is 0. The van der Waals surface area contributed by atoms with Crippen molar-refractivity contribution in [3.8, 4) is 6.07 Å². The molecule has 0 radical (unpaired) electrons. The molecule has 0 unspecified atom stereocenters. The van der Waals surface area contributed by atoms with Crippen LogP contribution in [0.15, 0.2) is 35.9 Å². The monoisotopic (exact) mass is 183 g/mol. The lowest BCUT2D eigenvalue weighted by Gasteiger charge is -1.90. The molecule has 0 spiro atoms. The third kappa shape index (κ3) is 0.979. The Morgan fingerprint density at radius 2 is 1.57 bits per heavy atom. The van der Waals surface area contributed by atoms with Crippen molar-refractivity contribution in [2.45, 2.75) is 0 Å². The fraction of sp³-hybridized carbons (Fsp3) is 0. The van der Waals surface area contributed by atoms with Crippen molar-refractivity contribution >= 4 is 11.6 Å². The normalized spacial score (nSPS) is 13.8. The molecule has 66 valence electrons. The van der Waals surface area contributed by atoms with E-state index in [0.29, 0.717) is 11.1 Å². The summed E-state index contributed by atoms with van der Waals surface area (Å²) in [5, 5.41) is 8.41. The zero-order chi connectivity index (χ0) is 10.1. The zero-order valence-corrected chi connectivity index (χ0v) is 7.15. The lowest BCUT2D eigenvalue weighted by molar-refractivity contribution is 0.0989. The molecule has 0 fully saturated rings. The first-order valence-electron chi connectivity index (χ1n) is 4.04. The molecular formula is C11H5NO2. The van der Waals surface area contributed by atoms with E-state index in [1.807, 2.05) is 0 Å². The first kappa shape index (κ1) is 8.39. The minimum absolute atomic E-state index is 0.0336. The van der Waals surface area contributed by atoms with Crippen LogP contribution in [0.25, 0.3) is 0 Å². The highest BCUT2D eigenvalue weighted by molar-refractivity contribution is 6.39. The predicted molar refractivity (Wildman–Crippen MR) is 48.8 cm³/mol. The van der Waals surface area contributed by atoms with Gasteiger partial charge in [-0.3, -0.25) is 9.59 Å². The van der Waals surface area contributed by atoms with Gasteiger partial charge in [0, 0.05) is 17.2 Å². The summed E-state index contributed by atoms with van der Waals surface area (Å²) in [5.74, 6) is -0.709. The maximum atomic E-state index is 11.6. The van der Waals surface area contributed by atoms with Crippen molar-refractivity contribution in [3.63, 3.8) is 0 Å². The average molecular weight is 183 g/mol. The highest BCUT2D eigenvalue weighted by Crippen LogP contribution is 2.25. The number of nitrogens with zero attached hydrogens (tertiary/aromatic N) is 1. The molecule has 3 nitrogen and oxygen atoms in total. The molecular weight excluding hydrogens is 178 g/mol. The summed E-state index contributed by atoms with van der Waals surface area (Å²) in [5.41, 5.74) is 0.742. The molecule has 1 aromatic rings. The molecule has 0 aromatic heterocycles. The van der Waals surface area contributed by atoms with Crippen molar-refractivity contribution in [1.82, 2.24) is 0 Å². The number of Topliss-reactive ketones (excluding diaryl/α,β-unsaturated/α-hetero) is 2. The zero-order valence-electron chi connectivity index (χ0n) is 7.15. The summed E-state index contributed by atoms with van der Waals surface area (Å²) in [6.45, 7) is 0. The van der Waals surface area contributed by atoms with Gasteiger partial charge in [-0.2, -0.15) is 5.26 Å². The number of hydrogen-bond donors (Lipinski definition) is 0. The Morgan fingerprint density at radius 3 is 2.00 bits per heavy atom. The second kappa shape index (κ2) is 2.93. The number of ketones is 2. The van der Waals surface area contributed by atoms with Gasteiger partial charge in [-0.05, 0) is 0 Å². The highest BCUT2D eigenvalue weighted by atomic mass is 16.2. The molecule has 1 aromatic carbocycles. The van der Waals surface area contributed by atoms with Gasteiger partial charge in [0.15, 0.2) is 11.6 Å². The quantitative estimate of drug-likeness (QED) is 0.348. The number of allylic oxidation sites excluding steroid dienone is 2. The maximum Gasteiger partial charge on any atom is 0.198 e. The number of carbonyl (C=O) groups excluding carboxylic acids is 2. The SMILES string of the molecule is N#CC=C1C(=O)c2ccccc2C1=O. The van der Waals surface area contributed by atoms with E-state index in [0.717, 1.165) is 6.08 Å². The van der Waals surface area contributed by atoms with Gasteiger partial charge in [-0.1, -0.05) is 24.3 Å². The van der Waals surface area contributed by atoms with Crippen LogP contribution in [-0.4, -0.2) is 11.6 Å². The van der Waals surface area contributed by atoms with Gasteiger partial charge in [0.2, 0.25) is 0 Å². The van der Waals surface area contributed by atoms with Gasteiger partial charge >= 0.3 is 0 Å². The number of rotatable bonds is 0. The summed E-state index contributed by atoms with van der Waals surface area (Å²) in [4.78, 5) is 23.1. The molecule has 0 atom stereocenters. The molecule has 0 heterocycles. The van der Waals surface area contributed by atoms with Crippen LogP contribution in [0.4, 0.5) is 0 Å². The van der Waals surface area contributed by atoms with Gasteiger partial charge in [0.05, 0.1) is 11.6 Å². The molecule has 2 rings (SSSR count). The van der Waals surface area contributed by atoms with Crippen LogP contribution in [0, 0.1) is 11.3 Å². The van der Waals surface area contributed by atoms with Crippen LogP contribution in [-0.2, 0) is 0 Å². The molecule has 0 amide bonds. The Balaban J connectivity index is 2.67. The van der Waals surface area contributed by atoms with E-state index in [-0.39, 0.29) is 17.1 Å². The second-order valence-electron chi connectivity index (χ2n) is 2.89. The predicted octanol–water partition coefficient (Wildman–Crippen LogP) is 1.52. The molecule has 3 heteroatoms. The minimum Gasteiger partial charge on any atom is -0.288 e. The van der Waals surface area contributed by atoms with Gasteiger partial charge < -0.3 is 0 Å². The lowest BCUT2D eigenvalue weighted by Crippen LogP contribution is -1.99. The van der Waals surface area contributed by atoms with E-state index < -0.39 is 0 Å². The largest absolute Gasteiger partial charge is 0.288 e. The number of benzene rings is 1. The smallest absolute Gasteiger partial charge is 0.198 e. The van der Waals surface area contributed by atoms with Crippen molar-refractivity contribution in [2.75, 3.05) is 0 Å². The summed E-state index contributed by atoms with van der Waals surface area (Å²) >= 11 is 0. The van der Waals surface area contributed by atoms with E-state index in [2.05, 4.69) is 0 Å². The van der Waals surface area contributed by atoms with Gasteiger partial charge in [-0.25, -0.2) is 0 Å². The van der Waals surface area contributed by atoms with Crippen LogP contribution in [0.5, 0.6) is 0 Å². The molecule has 0 saturated heterocycles. The van der Waals surface area contributed by atoms with E-state index in [9.17, 15) is 9.59 Å². The Morgan fingerprint density at radius 1 is 1.07 bits per heavy atom. The highest BCUT2D eigenvalue weighted by Gasteiger charge is 2.32. The van der Waals surface area contributed by atoms with Crippen molar-refractivity contribution in [1.29, 1.82) is 5.26 Å². The number of fused-ring (bicyclic) bond motifs is 1. The standard InChI is InChI=1S/C11H5NO2/c12-6-5-9-10(13)7-3-1-2-4-8(7)11(9)14/h1-5H. The second-order valence-corrected chi connectivity index (χ2v) is 2.89. The van der Waals surface area contributed by atoms with Gasteiger partial charge in [0.25, 0.3) is 0 Å². The van der Waals surface area contributed by atoms with E-state index in [1.165, 1.54) is 0 Å². The maximum absolute atomic E-state index is 11.6. The molecule has 0 N–H and O–H groups in total. The molecule has 14 heavy (non-hydrogen) atoms. The Labute approximate surface area is 80.3 Å². The van der Waals surface area contributed by atoms with E-state index in [4.69, 9.17) is 5.26 Å². The fourth-order valence-corrected chi connectivity index (χ4v) is 1.47. The van der Waals surface area contributed by atoms with Crippen LogP contribution in [0.2, 0.25) is 0 Å². The summed E-state index contributed by atoms with van der Waals surface area (Å²) in [6, 6.07) is 8.27. The molecule has 0 aliphatic heterocycles. The van der Waals surface area contributed by atoms with Gasteiger partial charge in [-0.15, -0.1) is 0 Å². The topological polar surface area (TPSA) is 57.9 Å². The van der Waals surface area contributed by atoms with Crippen molar-refractivity contribution in [2.24, 2.45) is 0 Å². The molecule has 1 aliphatic rings.